The van der Waals surface area contributed by atoms with Gasteiger partial charge in [-0.3, -0.25) is 4.72 Å². The molecule has 0 atom stereocenters. The first-order valence-corrected chi connectivity index (χ1v) is 10.5. The number of aromatic nitrogens is 1. The molecule has 2 heterocycles. The summed E-state index contributed by atoms with van der Waals surface area (Å²) < 4.78 is 54.8. The third-order valence-corrected chi connectivity index (χ3v) is 6.76. The van der Waals surface area contributed by atoms with Gasteiger partial charge in [0, 0.05) is 19.2 Å². The van der Waals surface area contributed by atoms with E-state index < -0.39 is 32.3 Å². The highest BCUT2D eigenvalue weighted by Gasteiger charge is 2.23. The number of benzene rings is 2. The minimum atomic E-state index is -4.37. The molecule has 6 nitrogen and oxygen atoms in total. The van der Waals surface area contributed by atoms with Gasteiger partial charge in [0.1, 0.15) is 10.7 Å². The monoisotopic (exact) mass is 411 g/mol. The van der Waals surface area contributed by atoms with E-state index in [0.29, 0.717) is 12.1 Å². The summed E-state index contributed by atoms with van der Waals surface area (Å²) in [6.07, 6.45) is 2.24. The molecule has 27 heavy (non-hydrogen) atoms. The number of fused-ring (bicyclic) bond motifs is 1. The lowest BCUT2D eigenvalue weighted by molar-refractivity contribution is 0.412. The number of halogens is 2. The minimum absolute atomic E-state index is 0.211. The van der Waals surface area contributed by atoms with Gasteiger partial charge in [0.25, 0.3) is 10.0 Å². The molecule has 1 saturated heterocycles. The van der Waals surface area contributed by atoms with E-state index in [1.165, 1.54) is 17.4 Å². The number of nitrogens with one attached hydrogen (secondary N) is 1. The summed E-state index contributed by atoms with van der Waals surface area (Å²) >= 11 is 1.45. The Morgan fingerprint density at radius 3 is 2.63 bits per heavy atom. The summed E-state index contributed by atoms with van der Waals surface area (Å²) in [5, 5.41) is 10.5. The lowest BCUT2D eigenvalue weighted by Crippen LogP contribution is -2.16. The van der Waals surface area contributed by atoms with Crippen LogP contribution in [0.2, 0.25) is 0 Å². The third-order valence-electron chi connectivity index (χ3n) is 4.29. The lowest BCUT2D eigenvalue weighted by atomic mass is 10.3. The van der Waals surface area contributed by atoms with Crippen LogP contribution in [-0.2, 0) is 10.0 Å². The summed E-state index contributed by atoms with van der Waals surface area (Å²) in [5.41, 5.74) is 0.952. The van der Waals surface area contributed by atoms with E-state index in [1.807, 2.05) is 0 Å². The van der Waals surface area contributed by atoms with E-state index in [4.69, 9.17) is 0 Å². The number of phenols is 1. The number of rotatable bonds is 4. The standard InChI is InChI=1S/C17H15F2N3O3S2/c18-10-7-12(19)16(23)15(8-10)27(24,25)21-11-3-4-13-14(9-11)26-17(20-13)22-5-1-2-6-22/h3-4,7-9,21,23H,1-2,5-6H2. The molecule has 0 unspecified atom stereocenters. The first-order valence-electron chi connectivity index (χ1n) is 8.20. The van der Waals surface area contributed by atoms with Gasteiger partial charge in [-0.25, -0.2) is 22.2 Å². The van der Waals surface area contributed by atoms with Crippen LogP contribution < -0.4 is 9.62 Å². The molecule has 1 fully saturated rings. The lowest BCUT2D eigenvalue weighted by Gasteiger charge is -2.11. The van der Waals surface area contributed by atoms with Crippen LogP contribution in [-0.4, -0.2) is 31.6 Å². The van der Waals surface area contributed by atoms with E-state index in [2.05, 4.69) is 14.6 Å². The van der Waals surface area contributed by atoms with Crippen LogP contribution in [0.3, 0.4) is 0 Å². The molecule has 142 valence electrons. The van der Waals surface area contributed by atoms with Crippen LogP contribution in [0.5, 0.6) is 5.75 Å². The van der Waals surface area contributed by atoms with Crippen molar-refractivity contribution in [3.8, 4) is 5.75 Å². The van der Waals surface area contributed by atoms with Crippen molar-refractivity contribution in [1.29, 1.82) is 0 Å². The van der Waals surface area contributed by atoms with Gasteiger partial charge in [-0.2, -0.15) is 0 Å². The van der Waals surface area contributed by atoms with E-state index in [-0.39, 0.29) is 5.69 Å². The van der Waals surface area contributed by atoms with Crippen molar-refractivity contribution in [3.05, 3.63) is 42.0 Å². The molecule has 2 N–H and O–H groups in total. The molecule has 4 rings (SSSR count). The van der Waals surface area contributed by atoms with Crippen LogP contribution in [0.15, 0.2) is 35.2 Å². The molecule has 1 aromatic heterocycles. The number of hydrogen-bond acceptors (Lipinski definition) is 6. The Morgan fingerprint density at radius 2 is 1.89 bits per heavy atom. The summed E-state index contributed by atoms with van der Waals surface area (Å²) in [7, 11) is -4.37. The van der Waals surface area contributed by atoms with Crippen molar-refractivity contribution in [2.45, 2.75) is 17.7 Å². The van der Waals surface area contributed by atoms with Gasteiger partial charge in [0.15, 0.2) is 16.7 Å². The Balaban J connectivity index is 1.66. The zero-order valence-electron chi connectivity index (χ0n) is 13.9. The van der Waals surface area contributed by atoms with E-state index in [1.54, 1.807) is 12.1 Å². The van der Waals surface area contributed by atoms with Crippen LogP contribution in [0.1, 0.15) is 12.8 Å². The molecule has 0 amide bonds. The number of nitrogens with zero attached hydrogens (tertiary/aromatic N) is 2. The van der Waals surface area contributed by atoms with Crippen molar-refractivity contribution in [3.63, 3.8) is 0 Å². The Bertz CT molecular complexity index is 1130. The van der Waals surface area contributed by atoms with Crippen molar-refractivity contribution in [1.82, 2.24) is 4.98 Å². The topological polar surface area (TPSA) is 82.5 Å². The smallest absolute Gasteiger partial charge is 0.265 e. The quantitative estimate of drug-likeness (QED) is 0.684. The molecule has 0 spiro atoms. The highest BCUT2D eigenvalue weighted by atomic mass is 32.2. The molecular formula is C17H15F2N3O3S2. The third kappa shape index (κ3) is 3.42. The predicted octanol–water partition coefficient (Wildman–Crippen LogP) is 3.68. The SMILES string of the molecule is O=S(=O)(Nc1ccc2nc(N3CCCC3)sc2c1)c1cc(F)cc(F)c1O. The molecule has 0 aliphatic carbocycles. The summed E-state index contributed by atoms with van der Waals surface area (Å²) in [5.74, 6) is -3.57. The van der Waals surface area contributed by atoms with Gasteiger partial charge in [-0.05, 0) is 37.1 Å². The second-order valence-electron chi connectivity index (χ2n) is 6.21. The number of anilines is 2. The highest BCUT2D eigenvalue weighted by molar-refractivity contribution is 7.92. The van der Waals surface area contributed by atoms with E-state index >= 15 is 0 Å². The number of aromatic hydroxyl groups is 1. The molecule has 1 aliphatic rings. The van der Waals surface area contributed by atoms with Gasteiger partial charge in [0.05, 0.1) is 15.9 Å². The zero-order chi connectivity index (χ0) is 19.2. The summed E-state index contributed by atoms with van der Waals surface area (Å²) in [4.78, 5) is 5.88. The number of phenolic OH excluding ortho intramolecular Hbond substituents is 1. The first kappa shape index (κ1) is 17.9. The maximum atomic E-state index is 13.5. The van der Waals surface area contributed by atoms with Crippen LogP contribution >= 0.6 is 11.3 Å². The highest BCUT2D eigenvalue weighted by Crippen LogP contribution is 2.34. The minimum Gasteiger partial charge on any atom is -0.504 e. The Hall–Kier alpha value is -2.46. The Kier molecular flexibility index (Phi) is 4.39. The fourth-order valence-corrected chi connectivity index (χ4v) is 5.20. The molecular weight excluding hydrogens is 396 g/mol. The molecule has 2 aromatic carbocycles. The van der Waals surface area contributed by atoms with Crippen molar-refractivity contribution in [2.24, 2.45) is 0 Å². The molecule has 10 heteroatoms. The second-order valence-corrected chi connectivity index (χ2v) is 8.87. The number of hydrogen-bond donors (Lipinski definition) is 2. The normalized spacial score (nSPS) is 14.8. The largest absolute Gasteiger partial charge is 0.504 e. The average molecular weight is 411 g/mol. The predicted molar refractivity (Wildman–Crippen MR) is 99.9 cm³/mol. The molecule has 1 aliphatic heterocycles. The van der Waals surface area contributed by atoms with Crippen molar-refractivity contribution < 1.29 is 22.3 Å². The van der Waals surface area contributed by atoms with Crippen molar-refractivity contribution in [2.75, 3.05) is 22.7 Å². The van der Waals surface area contributed by atoms with Crippen LogP contribution in [0.4, 0.5) is 19.6 Å². The first-order chi connectivity index (χ1) is 12.8. The Morgan fingerprint density at radius 1 is 1.15 bits per heavy atom. The summed E-state index contributed by atoms with van der Waals surface area (Å²) in [6, 6.07) is 5.78. The molecule has 0 saturated carbocycles. The fourth-order valence-electron chi connectivity index (χ4n) is 2.98. The zero-order valence-corrected chi connectivity index (χ0v) is 15.6. The number of thiazole rings is 1. The fraction of sp³-hybridized carbons (Fsp3) is 0.235. The van der Waals surface area contributed by atoms with Gasteiger partial charge in [-0.15, -0.1) is 0 Å². The van der Waals surface area contributed by atoms with Gasteiger partial charge >= 0.3 is 0 Å². The average Bonchev–Trinajstić information content (AvgIpc) is 3.26. The van der Waals surface area contributed by atoms with E-state index in [9.17, 15) is 22.3 Å². The summed E-state index contributed by atoms with van der Waals surface area (Å²) in [6.45, 7) is 1.90. The van der Waals surface area contributed by atoms with Gasteiger partial charge in [-0.1, -0.05) is 11.3 Å². The molecule has 0 bridgehead atoms. The Labute approximate surface area is 158 Å². The molecule has 3 aromatic rings. The second kappa shape index (κ2) is 6.61. The van der Waals surface area contributed by atoms with Crippen molar-refractivity contribution >= 4 is 42.4 Å². The number of sulfonamides is 1. The van der Waals surface area contributed by atoms with Gasteiger partial charge < -0.3 is 10.0 Å². The molecule has 0 radical (unpaired) electrons. The maximum absolute atomic E-state index is 13.5. The van der Waals surface area contributed by atoms with E-state index in [0.717, 1.165) is 41.3 Å². The van der Waals surface area contributed by atoms with Crippen LogP contribution in [0, 0.1) is 11.6 Å². The van der Waals surface area contributed by atoms with Gasteiger partial charge in [0.2, 0.25) is 0 Å². The maximum Gasteiger partial charge on any atom is 0.265 e. The van der Waals surface area contributed by atoms with Crippen LogP contribution in [0.25, 0.3) is 10.2 Å².